The zero-order chi connectivity index (χ0) is 24.3. The predicted octanol–water partition coefficient (Wildman–Crippen LogP) is 2.39. The molecule has 0 aliphatic carbocycles. The number of anilines is 1. The van der Waals surface area contributed by atoms with E-state index in [9.17, 15) is 18.0 Å². The Morgan fingerprint density at radius 3 is 2.62 bits per heavy atom. The molecule has 0 radical (unpaired) electrons. The van der Waals surface area contributed by atoms with Crippen LogP contribution in [0.3, 0.4) is 0 Å². The molecule has 0 unspecified atom stereocenters. The number of hydrogen-bond donors (Lipinski definition) is 1. The van der Waals surface area contributed by atoms with Crippen molar-refractivity contribution in [1.82, 2.24) is 13.9 Å². The van der Waals surface area contributed by atoms with E-state index in [1.54, 1.807) is 36.4 Å². The summed E-state index contributed by atoms with van der Waals surface area (Å²) < 4.78 is 40.0. The standard InChI is InChI=1S/C23H26N4O6S/c1-3-27-21-8-7-19(34(30,31)26-9-11-32-12-10-26)14-20(21)25-22(27)15-33-23(29)17-5-4-6-18(13-17)24-16(2)28/h4-8,13-14H,3,9-12,15H2,1-2H3,(H,24,28). The molecular formula is C23H26N4O6S. The molecule has 1 N–H and O–H groups in total. The van der Waals surface area contributed by atoms with Gasteiger partial charge in [-0.15, -0.1) is 0 Å². The van der Waals surface area contributed by atoms with Crippen molar-refractivity contribution < 1.29 is 27.5 Å². The van der Waals surface area contributed by atoms with Crippen LogP contribution in [0.15, 0.2) is 47.4 Å². The van der Waals surface area contributed by atoms with Gasteiger partial charge in [-0.2, -0.15) is 4.31 Å². The fourth-order valence-electron chi connectivity index (χ4n) is 3.86. The summed E-state index contributed by atoms with van der Waals surface area (Å²) in [7, 11) is -3.65. The Labute approximate surface area is 197 Å². The fraction of sp³-hybridized carbons (Fsp3) is 0.348. The summed E-state index contributed by atoms with van der Waals surface area (Å²) in [5.74, 6) is -0.292. The lowest BCUT2D eigenvalue weighted by atomic mass is 10.2. The molecule has 0 atom stereocenters. The third-order valence-electron chi connectivity index (χ3n) is 5.47. The molecule has 180 valence electrons. The third kappa shape index (κ3) is 4.96. The second-order valence-electron chi connectivity index (χ2n) is 7.78. The van der Waals surface area contributed by atoms with Gasteiger partial charge in [0.25, 0.3) is 0 Å². The fourth-order valence-corrected chi connectivity index (χ4v) is 5.29. The van der Waals surface area contributed by atoms with E-state index in [1.807, 2.05) is 11.5 Å². The summed E-state index contributed by atoms with van der Waals surface area (Å²) in [4.78, 5) is 28.5. The number of rotatable bonds is 7. The number of carbonyl (C=O) groups is 2. The van der Waals surface area contributed by atoms with Gasteiger partial charge in [-0.25, -0.2) is 18.2 Å². The van der Waals surface area contributed by atoms with Crippen LogP contribution in [0.2, 0.25) is 0 Å². The van der Waals surface area contributed by atoms with Gasteiger partial charge in [0.15, 0.2) is 0 Å². The lowest BCUT2D eigenvalue weighted by molar-refractivity contribution is -0.114. The monoisotopic (exact) mass is 486 g/mol. The molecule has 4 rings (SSSR count). The maximum absolute atomic E-state index is 13.0. The van der Waals surface area contributed by atoms with Gasteiger partial charge in [0, 0.05) is 32.2 Å². The second-order valence-corrected chi connectivity index (χ2v) is 9.72. The molecule has 1 amide bonds. The van der Waals surface area contributed by atoms with Gasteiger partial charge in [0.2, 0.25) is 15.9 Å². The Balaban J connectivity index is 1.55. The maximum Gasteiger partial charge on any atom is 0.338 e. The van der Waals surface area contributed by atoms with Crippen molar-refractivity contribution in [3.05, 3.63) is 53.9 Å². The predicted molar refractivity (Wildman–Crippen MR) is 125 cm³/mol. The molecule has 34 heavy (non-hydrogen) atoms. The SMILES string of the molecule is CCn1c(COC(=O)c2cccc(NC(C)=O)c2)nc2cc(S(=O)(=O)N3CCOCC3)ccc21. The van der Waals surface area contributed by atoms with Crippen LogP contribution in [0.5, 0.6) is 0 Å². The molecule has 0 spiro atoms. The van der Waals surface area contributed by atoms with Crippen LogP contribution in [-0.2, 0) is 37.4 Å². The topological polar surface area (TPSA) is 120 Å². The molecule has 1 aliphatic heterocycles. The van der Waals surface area contributed by atoms with Crippen LogP contribution in [-0.4, -0.2) is 60.5 Å². The third-order valence-corrected chi connectivity index (χ3v) is 7.37. The summed E-state index contributed by atoms with van der Waals surface area (Å²) in [5, 5.41) is 2.63. The number of nitrogens with one attached hydrogen (secondary N) is 1. The second kappa shape index (κ2) is 9.92. The van der Waals surface area contributed by atoms with Crippen molar-refractivity contribution in [2.24, 2.45) is 0 Å². The number of ether oxygens (including phenoxy) is 2. The first kappa shape index (κ1) is 23.9. The van der Waals surface area contributed by atoms with Gasteiger partial charge in [0.05, 0.1) is 34.7 Å². The molecule has 0 bridgehead atoms. The molecule has 1 aliphatic rings. The van der Waals surface area contributed by atoms with Crippen LogP contribution in [0.1, 0.15) is 30.0 Å². The number of carbonyl (C=O) groups excluding carboxylic acids is 2. The van der Waals surface area contributed by atoms with E-state index in [2.05, 4.69) is 10.3 Å². The van der Waals surface area contributed by atoms with E-state index >= 15 is 0 Å². The number of benzene rings is 2. The number of sulfonamides is 1. The highest BCUT2D eigenvalue weighted by Gasteiger charge is 2.27. The average molecular weight is 487 g/mol. The van der Waals surface area contributed by atoms with Crippen molar-refractivity contribution in [3.63, 3.8) is 0 Å². The highest BCUT2D eigenvalue weighted by Crippen LogP contribution is 2.24. The van der Waals surface area contributed by atoms with Crippen molar-refractivity contribution in [3.8, 4) is 0 Å². The lowest BCUT2D eigenvalue weighted by Crippen LogP contribution is -2.40. The zero-order valence-electron chi connectivity index (χ0n) is 19.0. The molecular weight excluding hydrogens is 460 g/mol. The molecule has 1 saturated heterocycles. The molecule has 2 aromatic carbocycles. The van der Waals surface area contributed by atoms with Crippen molar-refractivity contribution in [1.29, 1.82) is 0 Å². The molecule has 1 aromatic heterocycles. The van der Waals surface area contributed by atoms with Crippen molar-refractivity contribution >= 4 is 38.6 Å². The maximum atomic E-state index is 13.0. The molecule has 11 heteroatoms. The molecule has 2 heterocycles. The van der Waals surface area contributed by atoms with Gasteiger partial charge in [-0.3, -0.25) is 4.79 Å². The van der Waals surface area contributed by atoms with E-state index < -0.39 is 16.0 Å². The number of aryl methyl sites for hydroxylation is 1. The quantitative estimate of drug-likeness (QED) is 0.509. The van der Waals surface area contributed by atoms with Crippen LogP contribution < -0.4 is 5.32 Å². The summed E-state index contributed by atoms with van der Waals surface area (Å²) in [5.41, 5.74) is 2.05. The van der Waals surface area contributed by atoms with E-state index in [0.29, 0.717) is 55.4 Å². The summed E-state index contributed by atoms with van der Waals surface area (Å²) >= 11 is 0. The number of nitrogens with zero attached hydrogens (tertiary/aromatic N) is 3. The van der Waals surface area contributed by atoms with Crippen molar-refractivity contribution in [2.45, 2.75) is 31.9 Å². The largest absolute Gasteiger partial charge is 0.454 e. The van der Waals surface area contributed by atoms with E-state index in [4.69, 9.17) is 9.47 Å². The van der Waals surface area contributed by atoms with Crippen LogP contribution >= 0.6 is 0 Å². The van der Waals surface area contributed by atoms with Gasteiger partial charge in [-0.05, 0) is 43.3 Å². The lowest BCUT2D eigenvalue weighted by Gasteiger charge is -2.26. The number of hydrogen-bond acceptors (Lipinski definition) is 7. The molecule has 1 fully saturated rings. The minimum atomic E-state index is -3.65. The summed E-state index contributed by atoms with van der Waals surface area (Å²) in [6.45, 7) is 5.17. The van der Waals surface area contributed by atoms with Crippen LogP contribution in [0, 0.1) is 0 Å². The van der Waals surface area contributed by atoms with E-state index in [1.165, 1.54) is 17.3 Å². The Kier molecular flexibility index (Phi) is 6.96. The molecule has 3 aromatic rings. The van der Waals surface area contributed by atoms with E-state index in [0.717, 1.165) is 5.52 Å². The van der Waals surface area contributed by atoms with E-state index in [-0.39, 0.29) is 17.4 Å². The van der Waals surface area contributed by atoms with Crippen molar-refractivity contribution in [2.75, 3.05) is 31.6 Å². The zero-order valence-corrected chi connectivity index (χ0v) is 19.8. The Bertz CT molecular complexity index is 1330. The number of esters is 1. The number of fused-ring (bicyclic) bond motifs is 1. The Hall–Kier alpha value is -3.28. The summed E-state index contributed by atoms with van der Waals surface area (Å²) in [6, 6.07) is 11.3. The smallest absolute Gasteiger partial charge is 0.338 e. The first-order valence-corrected chi connectivity index (χ1v) is 12.4. The van der Waals surface area contributed by atoms with Gasteiger partial charge in [0.1, 0.15) is 12.4 Å². The number of morpholine rings is 1. The molecule has 0 saturated carbocycles. The average Bonchev–Trinajstić information content (AvgIpc) is 3.19. The highest BCUT2D eigenvalue weighted by molar-refractivity contribution is 7.89. The van der Waals surface area contributed by atoms with Crippen LogP contribution in [0.4, 0.5) is 5.69 Å². The Morgan fingerprint density at radius 2 is 1.91 bits per heavy atom. The number of imidazole rings is 1. The van der Waals surface area contributed by atoms with Gasteiger partial charge >= 0.3 is 5.97 Å². The number of amides is 1. The first-order chi connectivity index (χ1) is 16.3. The first-order valence-electron chi connectivity index (χ1n) is 10.9. The normalized spacial score (nSPS) is 14.8. The Morgan fingerprint density at radius 1 is 1.15 bits per heavy atom. The molecule has 10 nitrogen and oxygen atoms in total. The van der Waals surface area contributed by atoms with Gasteiger partial charge in [-0.1, -0.05) is 6.07 Å². The van der Waals surface area contributed by atoms with Gasteiger partial charge < -0.3 is 19.4 Å². The summed E-state index contributed by atoms with van der Waals surface area (Å²) in [6.07, 6.45) is 0. The minimum Gasteiger partial charge on any atom is -0.454 e. The minimum absolute atomic E-state index is 0.0860. The van der Waals surface area contributed by atoms with Crippen LogP contribution in [0.25, 0.3) is 11.0 Å². The highest BCUT2D eigenvalue weighted by atomic mass is 32.2. The number of aromatic nitrogens is 2.